The maximum absolute atomic E-state index is 12.5. The summed E-state index contributed by atoms with van der Waals surface area (Å²) in [7, 11) is 0. The Morgan fingerprint density at radius 3 is 2.41 bits per heavy atom. The number of amidine groups is 1. The first-order chi connectivity index (χ1) is 10.3. The van der Waals surface area contributed by atoms with Gasteiger partial charge in [-0.25, -0.2) is 0 Å². The molecule has 118 valence electrons. The van der Waals surface area contributed by atoms with Crippen LogP contribution in [0, 0.1) is 0 Å². The van der Waals surface area contributed by atoms with Crippen LogP contribution in [0.5, 0.6) is 0 Å². The lowest BCUT2D eigenvalue weighted by Gasteiger charge is -2.21. The molecule has 0 fully saturated rings. The summed E-state index contributed by atoms with van der Waals surface area (Å²) in [4.78, 5) is 26.4. The van der Waals surface area contributed by atoms with E-state index in [0.717, 1.165) is 12.1 Å². The quantitative estimate of drug-likeness (QED) is 0.756. The normalized spacial score (nSPS) is 18.2. The fourth-order valence-corrected chi connectivity index (χ4v) is 1.92. The van der Waals surface area contributed by atoms with Crippen molar-refractivity contribution < 1.29 is 22.8 Å². The van der Waals surface area contributed by atoms with Crippen molar-refractivity contribution in [2.45, 2.75) is 25.1 Å². The summed E-state index contributed by atoms with van der Waals surface area (Å²) in [5.41, 5.74) is 9.74. The minimum atomic E-state index is -4.39. The van der Waals surface area contributed by atoms with Gasteiger partial charge in [-0.15, -0.1) is 0 Å². The number of aliphatic imine (C=N–C) groups is 1. The van der Waals surface area contributed by atoms with Crippen LogP contribution in [0.25, 0.3) is 0 Å². The van der Waals surface area contributed by atoms with E-state index in [1.807, 2.05) is 0 Å². The van der Waals surface area contributed by atoms with Gasteiger partial charge in [-0.2, -0.15) is 13.2 Å². The second-order valence-electron chi connectivity index (χ2n) is 4.75. The lowest BCUT2D eigenvalue weighted by Crippen LogP contribution is -2.52. The molecule has 0 bridgehead atoms. The number of carbonyl (C=O) groups excluding carboxylic acids is 2. The number of hydrazine groups is 1. The number of rotatable bonds is 4. The lowest BCUT2D eigenvalue weighted by atomic mass is 10.1. The SMILES string of the molecule is NC(=O)CC1N=C(Cc2ccc(C(F)(F)F)cc2)NNC1=O. The number of carbonyl (C=O) groups is 2. The van der Waals surface area contributed by atoms with Crippen LogP contribution in [-0.2, 0) is 22.2 Å². The Bertz CT molecular complexity index is 611. The molecule has 9 heteroatoms. The molecule has 6 nitrogen and oxygen atoms in total. The molecule has 2 rings (SSSR count). The summed E-state index contributed by atoms with van der Waals surface area (Å²) < 4.78 is 37.4. The molecule has 0 saturated carbocycles. The lowest BCUT2D eigenvalue weighted by molar-refractivity contribution is -0.137. The maximum Gasteiger partial charge on any atom is 0.416 e. The summed E-state index contributed by atoms with van der Waals surface area (Å²) in [6, 6.07) is 3.67. The second-order valence-corrected chi connectivity index (χ2v) is 4.75. The third-order valence-corrected chi connectivity index (χ3v) is 2.99. The van der Waals surface area contributed by atoms with Gasteiger partial charge in [0.25, 0.3) is 5.91 Å². The third-order valence-electron chi connectivity index (χ3n) is 2.99. The van der Waals surface area contributed by atoms with E-state index in [-0.39, 0.29) is 12.8 Å². The van der Waals surface area contributed by atoms with Crippen molar-refractivity contribution >= 4 is 17.6 Å². The molecular formula is C13H13F3N4O2. The molecule has 1 atom stereocenters. The highest BCUT2D eigenvalue weighted by Gasteiger charge is 2.30. The van der Waals surface area contributed by atoms with Crippen molar-refractivity contribution in [1.29, 1.82) is 0 Å². The summed E-state index contributed by atoms with van der Waals surface area (Å²) >= 11 is 0. The largest absolute Gasteiger partial charge is 0.416 e. The zero-order valence-corrected chi connectivity index (χ0v) is 11.3. The molecule has 0 aliphatic carbocycles. The van der Waals surface area contributed by atoms with Crippen LogP contribution in [0.3, 0.4) is 0 Å². The topological polar surface area (TPSA) is 96.6 Å². The molecule has 1 aromatic rings. The summed E-state index contributed by atoms with van der Waals surface area (Å²) in [6.45, 7) is 0. The van der Waals surface area contributed by atoms with Gasteiger partial charge in [-0.05, 0) is 17.7 Å². The van der Waals surface area contributed by atoms with E-state index in [4.69, 9.17) is 5.73 Å². The molecule has 1 aliphatic rings. The Hall–Kier alpha value is -2.58. The van der Waals surface area contributed by atoms with Crippen LogP contribution in [0.15, 0.2) is 29.3 Å². The molecule has 1 unspecified atom stereocenters. The number of alkyl halides is 3. The molecule has 1 aliphatic heterocycles. The number of primary amides is 1. The Kier molecular flexibility index (Phi) is 4.34. The summed E-state index contributed by atoms with van der Waals surface area (Å²) in [5.74, 6) is -0.819. The van der Waals surface area contributed by atoms with Gasteiger partial charge < -0.3 is 5.73 Å². The summed E-state index contributed by atoms with van der Waals surface area (Å²) in [6.07, 6.45) is -4.43. The van der Waals surface area contributed by atoms with Gasteiger partial charge in [0.05, 0.1) is 12.0 Å². The van der Waals surface area contributed by atoms with Crippen LogP contribution < -0.4 is 16.6 Å². The van der Waals surface area contributed by atoms with E-state index in [0.29, 0.717) is 11.4 Å². The zero-order chi connectivity index (χ0) is 16.3. The standard InChI is InChI=1S/C13H13F3N4O2/c14-13(15,16)8-3-1-7(2-4-8)5-11-18-9(6-10(17)21)12(22)20-19-11/h1-4,9H,5-6H2,(H2,17,21)(H,18,19)(H,20,22). The van der Waals surface area contributed by atoms with Gasteiger partial charge in [-0.1, -0.05) is 12.1 Å². The molecule has 1 aromatic carbocycles. The van der Waals surface area contributed by atoms with Gasteiger partial charge in [0.1, 0.15) is 11.9 Å². The zero-order valence-electron chi connectivity index (χ0n) is 11.3. The first-order valence-corrected chi connectivity index (χ1v) is 6.32. The monoisotopic (exact) mass is 314 g/mol. The van der Waals surface area contributed by atoms with Crippen LogP contribution in [0.4, 0.5) is 13.2 Å². The smallest absolute Gasteiger partial charge is 0.370 e. The summed E-state index contributed by atoms with van der Waals surface area (Å²) in [5, 5.41) is 0. The van der Waals surface area contributed by atoms with Crippen LogP contribution in [-0.4, -0.2) is 23.7 Å². The van der Waals surface area contributed by atoms with Crippen molar-refractivity contribution in [3.63, 3.8) is 0 Å². The van der Waals surface area contributed by atoms with Gasteiger partial charge in [0, 0.05) is 6.42 Å². The minimum absolute atomic E-state index is 0.188. The molecule has 2 amide bonds. The molecule has 0 saturated heterocycles. The van der Waals surface area contributed by atoms with Gasteiger partial charge >= 0.3 is 6.18 Å². The van der Waals surface area contributed by atoms with Crippen LogP contribution >= 0.6 is 0 Å². The minimum Gasteiger partial charge on any atom is -0.370 e. The molecule has 0 spiro atoms. The average molecular weight is 314 g/mol. The molecule has 4 N–H and O–H groups in total. The van der Waals surface area contributed by atoms with E-state index >= 15 is 0 Å². The van der Waals surface area contributed by atoms with Crippen LogP contribution in [0.2, 0.25) is 0 Å². The molecule has 0 radical (unpaired) electrons. The molecule has 22 heavy (non-hydrogen) atoms. The average Bonchev–Trinajstić information content (AvgIpc) is 2.41. The fourth-order valence-electron chi connectivity index (χ4n) is 1.92. The Morgan fingerprint density at radius 1 is 1.23 bits per heavy atom. The van der Waals surface area contributed by atoms with E-state index in [2.05, 4.69) is 15.8 Å². The van der Waals surface area contributed by atoms with Crippen LogP contribution in [0.1, 0.15) is 17.5 Å². The van der Waals surface area contributed by atoms with E-state index in [1.54, 1.807) is 0 Å². The number of nitrogens with zero attached hydrogens (tertiary/aromatic N) is 1. The first kappa shape index (κ1) is 15.8. The first-order valence-electron chi connectivity index (χ1n) is 6.32. The second kappa shape index (κ2) is 6.04. The van der Waals surface area contributed by atoms with E-state index in [9.17, 15) is 22.8 Å². The highest BCUT2D eigenvalue weighted by atomic mass is 19.4. The molecule has 1 heterocycles. The highest BCUT2D eigenvalue weighted by molar-refractivity contribution is 5.96. The number of nitrogens with one attached hydrogen (secondary N) is 2. The van der Waals surface area contributed by atoms with Gasteiger partial charge in [0.2, 0.25) is 5.91 Å². The van der Waals surface area contributed by atoms with Crippen molar-refractivity contribution in [1.82, 2.24) is 10.9 Å². The predicted molar refractivity (Wildman–Crippen MR) is 71.5 cm³/mol. The van der Waals surface area contributed by atoms with Gasteiger partial charge in [-0.3, -0.25) is 25.4 Å². The van der Waals surface area contributed by atoms with Crippen molar-refractivity contribution in [2.24, 2.45) is 10.7 Å². The number of benzene rings is 1. The number of amides is 2. The third kappa shape index (κ3) is 3.96. The van der Waals surface area contributed by atoms with E-state index < -0.39 is 29.6 Å². The number of nitrogens with two attached hydrogens (primary N) is 1. The molecule has 0 aromatic heterocycles. The number of hydrogen-bond acceptors (Lipinski definition) is 4. The Balaban J connectivity index is 2.09. The fraction of sp³-hybridized carbons (Fsp3) is 0.308. The highest BCUT2D eigenvalue weighted by Crippen LogP contribution is 2.29. The Morgan fingerprint density at radius 2 is 1.86 bits per heavy atom. The van der Waals surface area contributed by atoms with E-state index in [1.165, 1.54) is 12.1 Å². The number of hydrogen-bond donors (Lipinski definition) is 3. The molecular weight excluding hydrogens is 301 g/mol. The maximum atomic E-state index is 12.5. The van der Waals surface area contributed by atoms with Crippen molar-refractivity contribution in [3.8, 4) is 0 Å². The predicted octanol–water partition coefficient (Wildman–Crippen LogP) is 0.525. The van der Waals surface area contributed by atoms with Crippen molar-refractivity contribution in [2.75, 3.05) is 0 Å². The number of halogens is 3. The Labute approximate surface area is 123 Å². The van der Waals surface area contributed by atoms with Crippen molar-refractivity contribution in [3.05, 3.63) is 35.4 Å². The van der Waals surface area contributed by atoms with Gasteiger partial charge in [0.15, 0.2) is 0 Å².